The second-order valence-corrected chi connectivity index (χ2v) is 5.78. The number of rotatable bonds is 2. The fraction of sp³-hybridized carbons (Fsp3) is 0.529. The van der Waals surface area contributed by atoms with Gasteiger partial charge in [-0.05, 0) is 30.9 Å². The number of carbonyl (C=O) groups is 1. The van der Waals surface area contributed by atoms with Gasteiger partial charge < -0.3 is 19.3 Å². The summed E-state index contributed by atoms with van der Waals surface area (Å²) in [6, 6.07) is 3.24. The number of aliphatic hydroxyl groups is 1. The number of methoxy groups -OCH3 is 1. The van der Waals surface area contributed by atoms with Crippen LogP contribution in [0.5, 0.6) is 5.88 Å². The van der Waals surface area contributed by atoms with E-state index in [1.54, 1.807) is 18.3 Å². The molecule has 23 heavy (non-hydrogen) atoms. The van der Waals surface area contributed by atoms with Crippen molar-refractivity contribution in [1.82, 2.24) is 4.98 Å². The molecule has 0 atom stereocenters. The molecule has 1 spiro atoms. The number of aromatic nitrogens is 1. The summed E-state index contributed by atoms with van der Waals surface area (Å²) in [5.74, 6) is 4.48. The maximum atomic E-state index is 12.2. The second kappa shape index (κ2) is 6.28. The molecule has 1 saturated heterocycles. The highest BCUT2D eigenvalue weighted by Gasteiger charge is 2.45. The minimum Gasteiger partial charge on any atom is -0.480 e. The third-order valence-corrected chi connectivity index (χ3v) is 4.27. The van der Waals surface area contributed by atoms with Crippen LogP contribution < -0.4 is 4.74 Å². The molecule has 1 aromatic heterocycles. The first-order valence-electron chi connectivity index (χ1n) is 7.63. The Morgan fingerprint density at radius 2 is 2.00 bits per heavy atom. The van der Waals surface area contributed by atoms with Crippen molar-refractivity contribution in [2.45, 2.75) is 37.1 Å². The predicted octanol–water partition coefficient (Wildman–Crippen LogP) is 1.32. The number of ketones is 1. The van der Waals surface area contributed by atoms with Crippen LogP contribution in [0.1, 0.15) is 36.0 Å². The summed E-state index contributed by atoms with van der Waals surface area (Å²) in [7, 11) is 1.45. The lowest BCUT2D eigenvalue weighted by atomic mass is 9.81. The molecule has 6 nitrogen and oxygen atoms in total. The molecule has 1 N–H and O–H groups in total. The van der Waals surface area contributed by atoms with Crippen LogP contribution in [0.15, 0.2) is 18.3 Å². The van der Waals surface area contributed by atoms with E-state index in [9.17, 15) is 9.90 Å². The zero-order valence-corrected chi connectivity index (χ0v) is 13.0. The topological polar surface area (TPSA) is 77.9 Å². The zero-order chi connectivity index (χ0) is 16.3. The number of carbonyl (C=O) groups excluding carboxylic acids is 1. The summed E-state index contributed by atoms with van der Waals surface area (Å²) < 4.78 is 16.3. The average molecular weight is 317 g/mol. The highest BCUT2D eigenvalue weighted by atomic mass is 16.7. The van der Waals surface area contributed by atoms with Crippen molar-refractivity contribution in [2.75, 3.05) is 20.3 Å². The number of nitrogens with zero attached hydrogens (tertiary/aromatic N) is 1. The molecule has 2 fully saturated rings. The van der Waals surface area contributed by atoms with Gasteiger partial charge in [0.1, 0.15) is 5.60 Å². The number of hydrogen-bond acceptors (Lipinski definition) is 6. The molecular weight excluding hydrogens is 298 g/mol. The largest absolute Gasteiger partial charge is 0.480 e. The van der Waals surface area contributed by atoms with Gasteiger partial charge in [-0.1, -0.05) is 5.92 Å². The van der Waals surface area contributed by atoms with Crippen molar-refractivity contribution in [3.63, 3.8) is 0 Å². The van der Waals surface area contributed by atoms with Crippen molar-refractivity contribution < 1.29 is 24.1 Å². The molecule has 6 heteroatoms. The van der Waals surface area contributed by atoms with Crippen molar-refractivity contribution in [3.05, 3.63) is 23.9 Å². The highest BCUT2D eigenvalue weighted by Crippen LogP contribution is 2.39. The van der Waals surface area contributed by atoms with E-state index in [4.69, 9.17) is 14.2 Å². The Morgan fingerprint density at radius 3 is 2.65 bits per heavy atom. The summed E-state index contributed by atoms with van der Waals surface area (Å²) in [6.07, 6.45) is 3.51. The van der Waals surface area contributed by atoms with Crippen LogP contribution in [0, 0.1) is 11.8 Å². The molecule has 1 saturated carbocycles. The van der Waals surface area contributed by atoms with Gasteiger partial charge in [0.15, 0.2) is 5.79 Å². The van der Waals surface area contributed by atoms with Crippen LogP contribution in [0.4, 0.5) is 0 Å². The van der Waals surface area contributed by atoms with Crippen LogP contribution in [0.25, 0.3) is 0 Å². The number of Topliss-reactive ketones (excluding diaryl/α,β-unsaturated/α-hetero) is 1. The van der Waals surface area contributed by atoms with E-state index in [-0.39, 0.29) is 5.88 Å². The SMILES string of the molecule is COc1ncccc1C(=O)C#CC1(O)CCC2(CC1)OCCO2. The molecule has 0 aromatic carbocycles. The summed E-state index contributed by atoms with van der Waals surface area (Å²) in [5, 5.41) is 10.6. The van der Waals surface area contributed by atoms with Gasteiger partial charge >= 0.3 is 0 Å². The van der Waals surface area contributed by atoms with E-state index in [1.165, 1.54) is 7.11 Å². The number of pyridine rings is 1. The van der Waals surface area contributed by atoms with Crippen LogP contribution >= 0.6 is 0 Å². The molecule has 0 bridgehead atoms. The molecule has 122 valence electrons. The first-order chi connectivity index (χ1) is 11.1. The van der Waals surface area contributed by atoms with Gasteiger partial charge in [0, 0.05) is 19.0 Å². The standard InChI is InChI=1S/C17H19NO5/c1-21-15-13(3-2-10-18-15)14(19)4-5-16(20)6-8-17(9-7-16)22-11-12-23-17/h2-3,10,20H,6-9,11-12H2,1H3. The van der Waals surface area contributed by atoms with E-state index in [0.717, 1.165) is 0 Å². The van der Waals surface area contributed by atoms with Gasteiger partial charge in [0.2, 0.25) is 11.7 Å². The Morgan fingerprint density at radius 1 is 1.30 bits per heavy atom. The lowest BCUT2D eigenvalue weighted by Crippen LogP contribution is -2.42. The van der Waals surface area contributed by atoms with Crippen molar-refractivity contribution in [3.8, 4) is 17.7 Å². The van der Waals surface area contributed by atoms with Gasteiger partial charge in [0.05, 0.1) is 25.9 Å². The molecule has 1 aliphatic carbocycles. The molecule has 2 heterocycles. The Kier molecular flexibility index (Phi) is 4.35. The van der Waals surface area contributed by atoms with E-state index in [1.807, 2.05) is 0 Å². The van der Waals surface area contributed by atoms with Crippen molar-refractivity contribution in [1.29, 1.82) is 0 Å². The van der Waals surface area contributed by atoms with Gasteiger partial charge in [-0.2, -0.15) is 0 Å². The first kappa shape index (κ1) is 15.9. The Labute approximate surface area is 134 Å². The summed E-state index contributed by atoms with van der Waals surface area (Å²) in [5.41, 5.74) is -0.896. The van der Waals surface area contributed by atoms with Crippen molar-refractivity contribution in [2.24, 2.45) is 0 Å². The lowest BCUT2D eigenvalue weighted by Gasteiger charge is -2.37. The quantitative estimate of drug-likeness (QED) is 0.504. The van der Waals surface area contributed by atoms with Crippen LogP contribution in [0.3, 0.4) is 0 Å². The molecule has 0 unspecified atom stereocenters. The molecule has 1 aliphatic heterocycles. The zero-order valence-electron chi connectivity index (χ0n) is 13.0. The molecule has 1 aromatic rings. The molecule has 0 amide bonds. The molecular formula is C17H19NO5. The molecule has 2 aliphatic rings. The Bertz CT molecular complexity index is 644. The minimum absolute atomic E-state index is 0.231. The van der Waals surface area contributed by atoms with E-state index < -0.39 is 17.2 Å². The highest BCUT2D eigenvalue weighted by molar-refractivity contribution is 6.10. The van der Waals surface area contributed by atoms with Crippen LogP contribution in [-0.2, 0) is 9.47 Å². The van der Waals surface area contributed by atoms with E-state index in [0.29, 0.717) is 44.5 Å². The maximum absolute atomic E-state index is 12.2. The number of hydrogen-bond donors (Lipinski definition) is 1. The predicted molar refractivity (Wildman–Crippen MR) is 80.9 cm³/mol. The fourth-order valence-corrected chi connectivity index (χ4v) is 2.92. The smallest absolute Gasteiger partial charge is 0.241 e. The minimum atomic E-state index is -1.19. The first-order valence-corrected chi connectivity index (χ1v) is 7.63. The summed E-state index contributed by atoms with van der Waals surface area (Å²) in [4.78, 5) is 16.2. The summed E-state index contributed by atoms with van der Waals surface area (Å²) >= 11 is 0. The normalized spacial score (nSPS) is 21.5. The van der Waals surface area contributed by atoms with Crippen LogP contribution in [-0.4, -0.2) is 47.6 Å². The van der Waals surface area contributed by atoms with E-state index in [2.05, 4.69) is 16.8 Å². The third kappa shape index (κ3) is 3.37. The van der Waals surface area contributed by atoms with E-state index >= 15 is 0 Å². The van der Waals surface area contributed by atoms with Gasteiger partial charge in [-0.3, -0.25) is 4.79 Å². The fourth-order valence-electron chi connectivity index (χ4n) is 2.92. The summed E-state index contributed by atoms with van der Waals surface area (Å²) in [6.45, 7) is 1.17. The average Bonchev–Trinajstić information content (AvgIpc) is 3.05. The Hall–Kier alpha value is -1.94. The second-order valence-electron chi connectivity index (χ2n) is 5.78. The monoisotopic (exact) mass is 317 g/mol. The van der Waals surface area contributed by atoms with Gasteiger partial charge in [-0.25, -0.2) is 4.98 Å². The molecule has 0 radical (unpaired) electrons. The van der Waals surface area contributed by atoms with Crippen molar-refractivity contribution >= 4 is 5.78 Å². The Balaban J connectivity index is 1.70. The maximum Gasteiger partial charge on any atom is 0.241 e. The van der Waals surface area contributed by atoms with Crippen LogP contribution in [0.2, 0.25) is 0 Å². The lowest BCUT2D eigenvalue weighted by molar-refractivity contribution is -0.195. The number of ether oxygens (including phenoxy) is 3. The molecule has 3 rings (SSSR count). The third-order valence-electron chi connectivity index (χ3n) is 4.27. The van der Waals surface area contributed by atoms with Gasteiger partial charge in [0.25, 0.3) is 0 Å². The van der Waals surface area contributed by atoms with Gasteiger partial charge in [-0.15, -0.1) is 0 Å².